The molecule has 1 aliphatic heterocycles. The van der Waals surface area contributed by atoms with Gasteiger partial charge in [-0.3, -0.25) is 10.2 Å². The average Bonchev–Trinajstić information content (AvgIpc) is 3.47. The first-order valence-corrected chi connectivity index (χ1v) is 15.5. The summed E-state index contributed by atoms with van der Waals surface area (Å²) in [5.74, 6) is 1.06. The Morgan fingerprint density at radius 3 is 2.20 bits per heavy atom. The van der Waals surface area contributed by atoms with Crippen molar-refractivity contribution in [2.75, 3.05) is 27.4 Å². The zero-order valence-corrected chi connectivity index (χ0v) is 27.0. The standard InChI is InChI=1S/C34H39N4O7P/c1-24(39)38-32(36)18-20-37-33-22-30(45-46-43-21-7-19-35)31(44-33)23-42-34(25-8-5-4-6-9-25,26-10-14-28(40-2)15-11-26)27-12-16-29(41-3)17-13-27/h4-6,8-18,20,30-31,33,37,46H,7,21-23H2,1-3H3,(H2,36,38,39)/b20-18-/t30?,31-,33-/m1/s1. The van der Waals surface area contributed by atoms with Gasteiger partial charge in [-0.05, 0) is 47.0 Å². The molecule has 3 aromatic carbocycles. The number of rotatable bonds is 16. The highest BCUT2D eigenvalue weighted by molar-refractivity contribution is 7.26. The highest BCUT2D eigenvalue weighted by atomic mass is 31.1. The van der Waals surface area contributed by atoms with E-state index in [9.17, 15) is 4.79 Å². The van der Waals surface area contributed by atoms with E-state index in [1.165, 1.54) is 13.0 Å². The molecule has 46 heavy (non-hydrogen) atoms. The number of benzene rings is 3. The molecule has 0 spiro atoms. The molecule has 2 unspecified atom stereocenters. The van der Waals surface area contributed by atoms with Crippen molar-refractivity contribution in [2.45, 2.75) is 43.8 Å². The average molecular weight is 647 g/mol. The Hall–Kier alpha value is -4.30. The van der Waals surface area contributed by atoms with Crippen molar-refractivity contribution >= 4 is 20.8 Å². The van der Waals surface area contributed by atoms with E-state index in [0.29, 0.717) is 6.42 Å². The minimum atomic E-state index is -1.04. The van der Waals surface area contributed by atoms with Gasteiger partial charge in [0, 0.05) is 19.5 Å². The molecule has 0 radical (unpaired) electrons. The Labute approximate surface area is 271 Å². The lowest BCUT2D eigenvalue weighted by Crippen LogP contribution is -2.38. The summed E-state index contributed by atoms with van der Waals surface area (Å²) in [6.45, 7) is 1.75. The fourth-order valence-electron chi connectivity index (χ4n) is 5.08. The third kappa shape index (κ3) is 9.13. The van der Waals surface area contributed by atoms with Crippen LogP contribution in [0.4, 0.5) is 0 Å². The predicted octanol–water partition coefficient (Wildman–Crippen LogP) is 5.17. The highest BCUT2D eigenvalue weighted by Crippen LogP contribution is 2.42. The number of methoxy groups -OCH3 is 2. The normalized spacial score (nSPS) is 18.0. The van der Waals surface area contributed by atoms with E-state index < -0.39 is 24.0 Å². The van der Waals surface area contributed by atoms with Crippen molar-refractivity contribution in [1.82, 2.24) is 10.6 Å². The van der Waals surface area contributed by atoms with Gasteiger partial charge in [-0.25, -0.2) is 0 Å². The fraction of sp³-hybridized carbons (Fsp3) is 0.324. The molecule has 3 aromatic rings. The fourth-order valence-corrected chi connectivity index (χ4v) is 5.71. The molecule has 1 heterocycles. The van der Waals surface area contributed by atoms with Gasteiger partial charge >= 0.3 is 0 Å². The number of carbonyl (C=O) groups excluding carboxylic acids is 1. The quantitative estimate of drug-likeness (QED) is 0.0632. The van der Waals surface area contributed by atoms with Crippen LogP contribution in [0.5, 0.6) is 11.5 Å². The molecule has 1 fully saturated rings. The van der Waals surface area contributed by atoms with Gasteiger partial charge in [0.05, 0.1) is 46.0 Å². The minimum absolute atomic E-state index is 0.0512. The lowest BCUT2D eigenvalue weighted by molar-refractivity contribution is -0.117. The van der Waals surface area contributed by atoms with Crippen LogP contribution >= 0.6 is 9.03 Å². The Morgan fingerprint density at radius 2 is 1.63 bits per heavy atom. The number of amides is 1. The minimum Gasteiger partial charge on any atom is -0.497 e. The van der Waals surface area contributed by atoms with Crippen LogP contribution in [0.25, 0.3) is 0 Å². The summed E-state index contributed by atoms with van der Waals surface area (Å²) in [6.07, 6.45) is 2.35. The van der Waals surface area contributed by atoms with Gasteiger partial charge in [-0.2, -0.15) is 5.26 Å². The van der Waals surface area contributed by atoms with Crippen molar-refractivity contribution in [1.29, 1.82) is 10.7 Å². The maximum absolute atomic E-state index is 11.2. The second-order valence-corrected chi connectivity index (χ2v) is 11.0. The largest absolute Gasteiger partial charge is 0.497 e. The van der Waals surface area contributed by atoms with Crippen LogP contribution in [0.2, 0.25) is 0 Å². The lowest BCUT2D eigenvalue weighted by atomic mass is 9.80. The van der Waals surface area contributed by atoms with Crippen LogP contribution < -0.4 is 20.1 Å². The Morgan fingerprint density at radius 1 is 1.02 bits per heavy atom. The van der Waals surface area contributed by atoms with E-state index >= 15 is 0 Å². The number of ether oxygens (including phenoxy) is 4. The molecule has 1 amide bonds. The van der Waals surface area contributed by atoms with Crippen molar-refractivity contribution in [3.8, 4) is 17.6 Å². The third-order valence-electron chi connectivity index (χ3n) is 7.25. The first-order chi connectivity index (χ1) is 22.4. The molecule has 4 atom stereocenters. The molecule has 0 saturated carbocycles. The maximum atomic E-state index is 11.2. The molecule has 0 aliphatic carbocycles. The number of hydrogen-bond acceptors (Lipinski definition) is 10. The molecular formula is C34H39N4O7P. The monoisotopic (exact) mass is 646 g/mol. The van der Waals surface area contributed by atoms with E-state index in [1.54, 1.807) is 20.4 Å². The van der Waals surface area contributed by atoms with Gasteiger partial charge in [-0.15, -0.1) is 0 Å². The summed E-state index contributed by atoms with van der Waals surface area (Å²) in [6, 6.07) is 27.6. The zero-order valence-electron chi connectivity index (χ0n) is 26.0. The Balaban J connectivity index is 1.65. The molecule has 3 N–H and O–H groups in total. The number of carbonyl (C=O) groups is 1. The van der Waals surface area contributed by atoms with E-state index in [-0.39, 0.29) is 40.4 Å². The SMILES string of the molecule is COc1ccc(C(OC[C@H]2O[C@@H](N/C=C\C(=N)NC(C)=O)CC2OPOCCC#N)(c2ccccc2)c2ccc(OC)cc2)cc1. The maximum Gasteiger partial charge on any atom is 0.222 e. The van der Waals surface area contributed by atoms with Crippen LogP contribution in [0.1, 0.15) is 36.5 Å². The molecule has 12 heteroatoms. The molecule has 0 bridgehead atoms. The smallest absolute Gasteiger partial charge is 0.222 e. The Kier molecular flexibility index (Phi) is 13.1. The number of nitrogens with one attached hydrogen (secondary N) is 3. The molecule has 1 saturated heterocycles. The van der Waals surface area contributed by atoms with Crippen LogP contribution in [-0.2, 0) is 28.9 Å². The van der Waals surface area contributed by atoms with E-state index in [2.05, 4.69) is 16.7 Å². The van der Waals surface area contributed by atoms with Crippen molar-refractivity contribution in [2.24, 2.45) is 0 Å². The van der Waals surface area contributed by atoms with Crippen LogP contribution in [-0.4, -0.2) is 57.6 Å². The van der Waals surface area contributed by atoms with Gasteiger partial charge < -0.3 is 38.6 Å². The second kappa shape index (κ2) is 17.4. The van der Waals surface area contributed by atoms with Crippen molar-refractivity contribution < 1.29 is 32.8 Å². The van der Waals surface area contributed by atoms with Crippen molar-refractivity contribution in [3.63, 3.8) is 0 Å². The summed E-state index contributed by atoms with van der Waals surface area (Å²) in [7, 11) is 2.97. The van der Waals surface area contributed by atoms with E-state index in [0.717, 1.165) is 28.2 Å². The van der Waals surface area contributed by atoms with Crippen LogP contribution in [0, 0.1) is 16.7 Å². The first-order valence-electron chi connectivity index (χ1n) is 14.7. The Bertz CT molecular complexity index is 1430. The molecule has 4 rings (SSSR count). The molecule has 242 valence electrons. The molecular weight excluding hydrogens is 607 g/mol. The van der Waals surface area contributed by atoms with Crippen LogP contribution in [0.3, 0.4) is 0 Å². The number of hydrogen-bond donors (Lipinski definition) is 3. The summed E-state index contributed by atoms with van der Waals surface area (Å²) >= 11 is 0. The highest BCUT2D eigenvalue weighted by Gasteiger charge is 2.42. The van der Waals surface area contributed by atoms with Gasteiger partial charge in [0.2, 0.25) is 5.91 Å². The topological polar surface area (TPSA) is 144 Å². The summed E-state index contributed by atoms with van der Waals surface area (Å²) in [4.78, 5) is 11.2. The number of nitrogens with zero attached hydrogens (tertiary/aromatic N) is 1. The summed E-state index contributed by atoms with van der Waals surface area (Å²) < 4.78 is 35.9. The first kappa shape index (κ1) is 34.6. The van der Waals surface area contributed by atoms with E-state index in [4.69, 9.17) is 38.7 Å². The third-order valence-corrected chi connectivity index (χ3v) is 7.98. The zero-order chi connectivity index (χ0) is 32.8. The van der Waals surface area contributed by atoms with E-state index in [1.807, 2.05) is 78.9 Å². The van der Waals surface area contributed by atoms with Crippen LogP contribution in [0.15, 0.2) is 91.1 Å². The second-order valence-electron chi connectivity index (χ2n) is 10.3. The molecule has 0 aromatic heterocycles. The van der Waals surface area contributed by atoms with Crippen molar-refractivity contribution in [3.05, 3.63) is 108 Å². The molecule has 1 aliphatic rings. The van der Waals surface area contributed by atoms with Gasteiger partial charge in [-0.1, -0.05) is 54.6 Å². The number of amidine groups is 1. The summed E-state index contributed by atoms with van der Waals surface area (Å²) in [5, 5.41) is 22.2. The molecule has 11 nitrogen and oxygen atoms in total. The lowest BCUT2D eigenvalue weighted by Gasteiger charge is -2.37. The summed E-state index contributed by atoms with van der Waals surface area (Å²) in [5.41, 5.74) is 1.64. The number of nitriles is 1. The predicted molar refractivity (Wildman–Crippen MR) is 175 cm³/mol. The van der Waals surface area contributed by atoms with Gasteiger partial charge in [0.25, 0.3) is 0 Å². The van der Waals surface area contributed by atoms with Gasteiger partial charge in [0.15, 0.2) is 9.03 Å². The van der Waals surface area contributed by atoms with Gasteiger partial charge in [0.1, 0.15) is 35.3 Å².